The Balaban J connectivity index is 2.22. The van der Waals surface area contributed by atoms with E-state index in [1.807, 2.05) is 0 Å². The van der Waals surface area contributed by atoms with Crippen LogP contribution in [-0.2, 0) is 6.18 Å². The smallest absolute Gasteiger partial charge is 0.369 e. The molecule has 3 aromatic rings. The number of imidazole rings is 1. The summed E-state index contributed by atoms with van der Waals surface area (Å²) in [6.07, 6.45) is -1.40. The molecule has 0 unspecified atom stereocenters. The van der Waals surface area contributed by atoms with Crippen LogP contribution in [0.1, 0.15) is 5.56 Å². The third-order valence-electron chi connectivity index (χ3n) is 3.00. The third-order valence-corrected chi connectivity index (χ3v) is 3.30. The molecule has 0 saturated carbocycles. The van der Waals surface area contributed by atoms with E-state index in [1.54, 1.807) is 6.07 Å². The zero-order chi connectivity index (χ0) is 15.2. The lowest BCUT2D eigenvalue weighted by Gasteiger charge is -2.12. The van der Waals surface area contributed by atoms with Gasteiger partial charge in [0.1, 0.15) is 5.52 Å². The van der Waals surface area contributed by atoms with Crippen molar-refractivity contribution in [2.24, 2.45) is 0 Å². The van der Waals surface area contributed by atoms with Gasteiger partial charge in [0.2, 0.25) is 5.95 Å². The van der Waals surface area contributed by atoms with Crippen LogP contribution in [0.5, 0.6) is 0 Å². The normalized spacial score (nSPS) is 12.0. The Labute approximate surface area is 122 Å². The Kier molecular flexibility index (Phi) is 3.02. The first-order valence-corrected chi connectivity index (χ1v) is 6.21. The molecule has 0 aliphatic heterocycles. The molecule has 21 heavy (non-hydrogen) atoms. The molecule has 2 N–H and O–H groups in total. The van der Waals surface area contributed by atoms with E-state index in [0.717, 1.165) is 12.1 Å². The maximum atomic E-state index is 12.7. The topological polar surface area (TPSA) is 56.7 Å². The van der Waals surface area contributed by atoms with Gasteiger partial charge in [-0.25, -0.2) is 4.98 Å². The summed E-state index contributed by atoms with van der Waals surface area (Å²) in [6.45, 7) is 0. The number of benzene rings is 1. The fourth-order valence-electron chi connectivity index (χ4n) is 2.07. The Bertz CT molecular complexity index is 826. The maximum Gasteiger partial charge on any atom is 0.416 e. The number of aromatic nitrogens is 3. The van der Waals surface area contributed by atoms with E-state index >= 15 is 0 Å². The molecule has 0 radical (unpaired) electrons. The molecule has 3 rings (SSSR count). The molecule has 0 atom stereocenters. The lowest BCUT2D eigenvalue weighted by molar-refractivity contribution is -0.137. The van der Waals surface area contributed by atoms with Crippen molar-refractivity contribution in [1.29, 1.82) is 0 Å². The lowest BCUT2D eigenvalue weighted by atomic mass is 10.2. The van der Waals surface area contributed by atoms with Crippen LogP contribution < -0.4 is 5.73 Å². The van der Waals surface area contributed by atoms with Crippen molar-refractivity contribution in [2.75, 3.05) is 5.73 Å². The molecule has 0 fully saturated rings. The average molecular weight is 313 g/mol. The average Bonchev–Trinajstić information content (AvgIpc) is 2.74. The minimum absolute atomic E-state index is 0.0624. The molecule has 8 heteroatoms. The monoisotopic (exact) mass is 312 g/mol. The van der Waals surface area contributed by atoms with E-state index < -0.39 is 11.7 Å². The van der Waals surface area contributed by atoms with E-state index in [9.17, 15) is 13.2 Å². The Morgan fingerprint density at radius 2 is 1.95 bits per heavy atom. The number of nitrogens with two attached hydrogens (primary N) is 1. The SMILES string of the molecule is Nc1nc2cnccc2n1-c1ccc(C(F)(F)F)cc1Cl. The third kappa shape index (κ3) is 2.29. The van der Waals surface area contributed by atoms with Gasteiger partial charge in [0.05, 0.1) is 28.0 Å². The number of anilines is 1. The fraction of sp³-hybridized carbons (Fsp3) is 0.0769. The van der Waals surface area contributed by atoms with E-state index in [4.69, 9.17) is 17.3 Å². The number of hydrogen-bond donors (Lipinski definition) is 1. The van der Waals surface area contributed by atoms with Gasteiger partial charge in [0.25, 0.3) is 0 Å². The van der Waals surface area contributed by atoms with E-state index in [-0.39, 0.29) is 11.0 Å². The van der Waals surface area contributed by atoms with Gasteiger partial charge in [-0.05, 0) is 24.3 Å². The molecule has 108 valence electrons. The first-order chi connectivity index (χ1) is 9.88. The second-order valence-electron chi connectivity index (χ2n) is 4.33. The molecule has 0 amide bonds. The number of alkyl halides is 3. The van der Waals surface area contributed by atoms with Crippen molar-refractivity contribution in [3.63, 3.8) is 0 Å². The summed E-state index contributed by atoms with van der Waals surface area (Å²) in [6, 6.07) is 4.74. The standard InChI is InChI=1S/C13H8ClF3N4/c14-8-5-7(13(15,16)17)1-2-10(8)21-11-3-4-19-6-9(11)20-12(21)18/h1-6H,(H2,18,20). The highest BCUT2D eigenvalue weighted by Crippen LogP contribution is 2.34. The summed E-state index contributed by atoms with van der Waals surface area (Å²) in [5.74, 6) is 0.125. The molecule has 0 spiro atoms. The molecule has 1 aromatic carbocycles. The summed E-state index contributed by atoms with van der Waals surface area (Å²) in [4.78, 5) is 8.02. The minimum Gasteiger partial charge on any atom is -0.369 e. The van der Waals surface area contributed by atoms with E-state index in [1.165, 1.54) is 23.0 Å². The maximum absolute atomic E-state index is 12.7. The fourth-order valence-corrected chi connectivity index (χ4v) is 2.33. The van der Waals surface area contributed by atoms with Gasteiger partial charge in [-0.15, -0.1) is 0 Å². The van der Waals surface area contributed by atoms with Crippen LogP contribution >= 0.6 is 11.6 Å². The van der Waals surface area contributed by atoms with Crippen LogP contribution in [0, 0.1) is 0 Å². The first kappa shape index (κ1) is 13.7. The van der Waals surface area contributed by atoms with Gasteiger partial charge < -0.3 is 5.73 Å². The van der Waals surface area contributed by atoms with Crippen LogP contribution in [0.2, 0.25) is 5.02 Å². The number of halogens is 4. The van der Waals surface area contributed by atoms with Gasteiger partial charge >= 0.3 is 6.18 Å². The molecule has 2 aromatic heterocycles. The highest BCUT2D eigenvalue weighted by molar-refractivity contribution is 6.32. The predicted molar refractivity (Wildman–Crippen MR) is 73.3 cm³/mol. The van der Waals surface area contributed by atoms with Gasteiger partial charge in [0, 0.05) is 6.20 Å². The summed E-state index contributed by atoms with van der Waals surface area (Å²) in [5.41, 5.74) is 6.48. The minimum atomic E-state index is -4.45. The zero-order valence-electron chi connectivity index (χ0n) is 10.4. The molecule has 0 aliphatic rings. The molecule has 0 saturated heterocycles. The van der Waals surface area contributed by atoms with Crippen LogP contribution in [0.15, 0.2) is 36.7 Å². The second kappa shape index (κ2) is 4.63. The highest BCUT2D eigenvalue weighted by atomic mass is 35.5. The van der Waals surface area contributed by atoms with Gasteiger partial charge in [-0.3, -0.25) is 9.55 Å². The van der Waals surface area contributed by atoms with E-state index in [0.29, 0.717) is 16.7 Å². The van der Waals surface area contributed by atoms with Crippen molar-refractivity contribution in [1.82, 2.24) is 14.5 Å². The number of hydrogen-bond acceptors (Lipinski definition) is 3. The van der Waals surface area contributed by atoms with Crippen LogP contribution in [-0.4, -0.2) is 14.5 Å². The molecule has 0 aliphatic carbocycles. The number of pyridine rings is 1. The Morgan fingerprint density at radius 3 is 2.62 bits per heavy atom. The molecular formula is C13H8ClF3N4. The van der Waals surface area contributed by atoms with Gasteiger partial charge in [-0.1, -0.05) is 11.6 Å². The van der Waals surface area contributed by atoms with Crippen molar-refractivity contribution in [3.8, 4) is 5.69 Å². The Hall–Kier alpha value is -2.28. The van der Waals surface area contributed by atoms with E-state index in [2.05, 4.69) is 9.97 Å². The summed E-state index contributed by atoms with van der Waals surface area (Å²) < 4.78 is 39.5. The van der Waals surface area contributed by atoms with Gasteiger partial charge in [-0.2, -0.15) is 13.2 Å². The summed E-state index contributed by atoms with van der Waals surface area (Å²) in [5, 5.41) is -0.0624. The lowest BCUT2D eigenvalue weighted by Crippen LogP contribution is -2.06. The molecule has 4 nitrogen and oxygen atoms in total. The predicted octanol–water partition coefficient (Wildman–Crippen LogP) is 3.67. The van der Waals surface area contributed by atoms with Crippen molar-refractivity contribution in [2.45, 2.75) is 6.18 Å². The van der Waals surface area contributed by atoms with Crippen LogP contribution in [0.4, 0.5) is 19.1 Å². The largest absolute Gasteiger partial charge is 0.416 e. The summed E-state index contributed by atoms with van der Waals surface area (Å²) >= 11 is 5.98. The van der Waals surface area contributed by atoms with Crippen LogP contribution in [0.25, 0.3) is 16.7 Å². The van der Waals surface area contributed by atoms with Crippen molar-refractivity contribution >= 4 is 28.6 Å². The van der Waals surface area contributed by atoms with Crippen molar-refractivity contribution in [3.05, 3.63) is 47.2 Å². The molecule has 0 bridgehead atoms. The number of nitrogens with zero attached hydrogens (tertiary/aromatic N) is 3. The first-order valence-electron chi connectivity index (χ1n) is 5.83. The quantitative estimate of drug-likeness (QED) is 0.746. The highest BCUT2D eigenvalue weighted by Gasteiger charge is 2.31. The Morgan fingerprint density at radius 1 is 1.19 bits per heavy atom. The zero-order valence-corrected chi connectivity index (χ0v) is 11.2. The van der Waals surface area contributed by atoms with Gasteiger partial charge in [0.15, 0.2) is 0 Å². The second-order valence-corrected chi connectivity index (χ2v) is 4.74. The number of rotatable bonds is 1. The number of nitrogen functional groups attached to an aromatic ring is 1. The van der Waals surface area contributed by atoms with Crippen LogP contribution in [0.3, 0.4) is 0 Å². The molecule has 2 heterocycles. The summed E-state index contributed by atoms with van der Waals surface area (Å²) in [7, 11) is 0. The number of fused-ring (bicyclic) bond motifs is 1. The molecular weight excluding hydrogens is 305 g/mol. The van der Waals surface area contributed by atoms with Crippen molar-refractivity contribution < 1.29 is 13.2 Å².